The van der Waals surface area contributed by atoms with Crippen molar-refractivity contribution in [2.45, 2.75) is 19.0 Å². The van der Waals surface area contributed by atoms with Crippen LogP contribution in [0.3, 0.4) is 0 Å². The Bertz CT molecular complexity index is 1220. The first kappa shape index (κ1) is 19.5. The number of rotatable bonds is 6. The summed E-state index contributed by atoms with van der Waals surface area (Å²) in [6.07, 6.45) is 0. The van der Waals surface area contributed by atoms with Crippen LogP contribution in [-0.2, 0) is 0 Å². The van der Waals surface area contributed by atoms with Crippen LogP contribution in [0.5, 0.6) is 5.75 Å². The lowest BCUT2D eigenvalue weighted by atomic mass is 10.1. The minimum atomic E-state index is -0.215. The number of halogens is 1. The molecule has 0 aliphatic rings. The highest BCUT2D eigenvalue weighted by molar-refractivity contribution is 7.99. The van der Waals surface area contributed by atoms with Gasteiger partial charge in [-0.25, -0.2) is 14.5 Å². The van der Waals surface area contributed by atoms with E-state index in [4.69, 9.17) is 16.3 Å². The van der Waals surface area contributed by atoms with Crippen LogP contribution in [0.2, 0.25) is 5.02 Å². The average molecular weight is 427 g/mol. The lowest BCUT2D eigenvalue weighted by Gasteiger charge is -2.09. The molecule has 8 heteroatoms. The Morgan fingerprint density at radius 2 is 1.90 bits per heavy atom. The van der Waals surface area contributed by atoms with E-state index < -0.39 is 0 Å². The van der Waals surface area contributed by atoms with Gasteiger partial charge in [-0.05, 0) is 31.5 Å². The molecule has 148 valence electrons. The maximum absolute atomic E-state index is 11.8. The molecule has 0 unspecified atom stereocenters. The van der Waals surface area contributed by atoms with Crippen molar-refractivity contribution >= 4 is 29.0 Å². The van der Waals surface area contributed by atoms with Gasteiger partial charge < -0.3 is 4.74 Å². The van der Waals surface area contributed by atoms with Crippen LogP contribution in [0.1, 0.15) is 11.1 Å². The normalized spacial score (nSPS) is 11.1. The third-order valence-electron chi connectivity index (χ3n) is 4.36. The quantitative estimate of drug-likeness (QED) is 0.362. The van der Waals surface area contributed by atoms with Gasteiger partial charge in [0.25, 0.3) is 5.56 Å². The largest absolute Gasteiger partial charge is 0.493 e. The monoisotopic (exact) mass is 426 g/mol. The molecule has 0 saturated carbocycles. The number of fused-ring (bicyclic) bond motifs is 1. The topological polar surface area (TPSA) is 72.3 Å². The second-order valence-electron chi connectivity index (χ2n) is 6.62. The third kappa shape index (κ3) is 4.46. The van der Waals surface area contributed by atoms with Crippen LogP contribution in [0.4, 0.5) is 0 Å². The number of aromatic nitrogens is 4. The number of aryl methyl sites for hydroxylation is 2. The molecular formula is C21H19ClN4O2S. The number of hydrogen-bond donors (Lipinski definition) is 1. The first-order valence-electron chi connectivity index (χ1n) is 9.08. The maximum Gasteiger partial charge on any atom is 0.266 e. The van der Waals surface area contributed by atoms with Gasteiger partial charge in [0.1, 0.15) is 5.75 Å². The van der Waals surface area contributed by atoms with Crippen LogP contribution in [0, 0.1) is 13.8 Å². The third-order valence-corrected chi connectivity index (χ3v) is 5.67. The second-order valence-corrected chi connectivity index (χ2v) is 8.09. The SMILES string of the molecule is Cc1ccc(-c2nc(SCCOc3ccc(C)c(Cl)c3)n3[nH]c(=O)cc3n2)cc1. The summed E-state index contributed by atoms with van der Waals surface area (Å²) in [6.45, 7) is 4.45. The van der Waals surface area contributed by atoms with Crippen molar-refractivity contribution in [2.75, 3.05) is 12.4 Å². The summed E-state index contributed by atoms with van der Waals surface area (Å²) in [5, 5.41) is 4.08. The standard InChI is InChI=1S/C21H19ClN4O2S/c1-13-3-6-15(7-4-13)20-23-18-12-19(27)25-26(18)21(24-20)29-10-9-28-16-8-5-14(2)17(22)11-16/h3-8,11-12H,9-10H2,1-2H3,(H,25,27). The Balaban J connectivity index is 1.53. The Morgan fingerprint density at radius 3 is 2.66 bits per heavy atom. The lowest BCUT2D eigenvalue weighted by Crippen LogP contribution is -2.06. The highest BCUT2D eigenvalue weighted by atomic mass is 35.5. The van der Waals surface area contributed by atoms with Gasteiger partial charge in [-0.2, -0.15) is 0 Å². The molecule has 0 aliphatic heterocycles. The number of benzene rings is 2. The second kappa shape index (κ2) is 8.31. The van der Waals surface area contributed by atoms with Crippen LogP contribution in [0.25, 0.3) is 17.0 Å². The average Bonchev–Trinajstić information content (AvgIpc) is 3.08. The molecule has 0 bridgehead atoms. The van der Waals surface area contributed by atoms with Crippen molar-refractivity contribution in [1.82, 2.24) is 19.6 Å². The molecule has 2 aromatic heterocycles. The Labute approximate surface area is 176 Å². The molecule has 0 spiro atoms. The van der Waals surface area contributed by atoms with Crippen molar-refractivity contribution in [1.29, 1.82) is 0 Å². The number of H-pyrrole nitrogens is 1. The van der Waals surface area contributed by atoms with Crippen molar-refractivity contribution in [2.24, 2.45) is 0 Å². The number of ether oxygens (including phenoxy) is 1. The highest BCUT2D eigenvalue weighted by Gasteiger charge is 2.11. The summed E-state index contributed by atoms with van der Waals surface area (Å²) >= 11 is 7.62. The van der Waals surface area contributed by atoms with E-state index in [-0.39, 0.29) is 5.56 Å². The van der Waals surface area contributed by atoms with E-state index in [1.54, 1.807) is 4.52 Å². The van der Waals surface area contributed by atoms with E-state index >= 15 is 0 Å². The van der Waals surface area contributed by atoms with Gasteiger partial charge in [0.15, 0.2) is 16.6 Å². The molecule has 4 rings (SSSR count). The van der Waals surface area contributed by atoms with Crippen LogP contribution in [0.15, 0.2) is 58.5 Å². The molecular weight excluding hydrogens is 408 g/mol. The van der Waals surface area contributed by atoms with Crippen molar-refractivity contribution in [3.05, 3.63) is 75.0 Å². The first-order valence-corrected chi connectivity index (χ1v) is 10.4. The fourth-order valence-electron chi connectivity index (χ4n) is 2.77. The maximum atomic E-state index is 11.8. The van der Waals surface area contributed by atoms with Gasteiger partial charge in [0.2, 0.25) is 0 Å². The van der Waals surface area contributed by atoms with Gasteiger partial charge in [0, 0.05) is 22.4 Å². The summed E-state index contributed by atoms with van der Waals surface area (Å²) in [4.78, 5) is 21.0. The highest BCUT2D eigenvalue weighted by Crippen LogP contribution is 2.24. The first-order chi connectivity index (χ1) is 14.0. The summed E-state index contributed by atoms with van der Waals surface area (Å²) in [5.41, 5.74) is 3.40. The van der Waals surface area contributed by atoms with Crippen molar-refractivity contribution in [3.8, 4) is 17.1 Å². The van der Waals surface area contributed by atoms with E-state index in [9.17, 15) is 4.79 Å². The smallest absolute Gasteiger partial charge is 0.266 e. The molecule has 0 aliphatic carbocycles. The van der Waals surface area contributed by atoms with Crippen molar-refractivity contribution < 1.29 is 4.74 Å². The van der Waals surface area contributed by atoms with Crippen molar-refractivity contribution in [3.63, 3.8) is 0 Å². The minimum absolute atomic E-state index is 0.215. The summed E-state index contributed by atoms with van der Waals surface area (Å²) in [5.74, 6) is 1.95. The summed E-state index contributed by atoms with van der Waals surface area (Å²) < 4.78 is 7.38. The lowest BCUT2D eigenvalue weighted by molar-refractivity contribution is 0.344. The Morgan fingerprint density at radius 1 is 1.10 bits per heavy atom. The minimum Gasteiger partial charge on any atom is -0.493 e. The fraction of sp³-hybridized carbons (Fsp3) is 0.190. The number of nitrogens with one attached hydrogen (secondary N) is 1. The van der Waals surface area contributed by atoms with Gasteiger partial charge in [-0.1, -0.05) is 59.3 Å². The van der Waals surface area contributed by atoms with E-state index in [2.05, 4.69) is 15.1 Å². The zero-order chi connectivity index (χ0) is 20.4. The van der Waals surface area contributed by atoms with E-state index in [1.807, 2.05) is 56.3 Å². The Hall–Kier alpha value is -2.77. The zero-order valence-corrected chi connectivity index (χ0v) is 17.5. The predicted molar refractivity (Wildman–Crippen MR) is 116 cm³/mol. The molecule has 0 fully saturated rings. The molecule has 0 saturated heterocycles. The molecule has 1 N–H and O–H groups in total. The molecule has 2 aromatic carbocycles. The molecule has 0 atom stereocenters. The predicted octanol–water partition coefficient (Wildman–Crippen LogP) is 4.53. The van der Waals surface area contributed by atoms with Gasteiger partial charge in [-0.3, -0.25) is 9.89 Å². The number of thioether (sulfide) groups is 1. The molecule has 2 heterocycles. The zero-order valence-electron chi connectivity index (χ0n) is 16.0. The van der Waals surface area contributed by atoms with Crippen LogP contribution in [-0.4, -0.2) is 31.9 Å². The van der Waals surface area contributed by atoms with E-state index in [0.717, 1.165) is 22.4 Å². The summed E-state index contributed by atoms with van der Waals surface area (Å²) in [7, 11) is 0. The number of nitrogens with zero attached hydrogens (tertiary/aromatic N) is 3. The molecule has 0 amide bonds. The molecule has 4 aromatic rings. The molecule has 29 heavy (non-hydrogen) atoms. The Kier molecular flexibility index (Phi) is 5.60. The van der Waals surface area contributed by atoms with E-state index in [0.29, 0.717) is 34.0 Å². The molecule has 0 radical (unpaired) electrons. The summed E-state index contributed by atoms with van der Waals surface area (Å²) in [6, 6.07) is 15.1. The van der Waals surface area contributed by atoms with Crippen LogP contribution >= 0.6 is 23.4 Å². The molecule has 6 nitrogen and oxygen atoms in total. The number of aromatic amines is 1. The van der Waals surface area contributed by atoms with Gasteiger partial charge in [0.05, 0.1) is 6.61 Å². The van der Waals surface area contributed by atoms with E-state index in [1.165, 1.54) is 17.8 Å². The van der Waals surface area contributed by atoms with Gasteiger partial charge >= 0.3 is 0 Å². The fourth-order valence-corrected chi connectivity index (χ4v) is 3.71. The van der Waals surface area contributed by atoms with Gasteiger partial charge in [-0.15, -0.1) is 0 Å². The van der Waals surface area contributed by atoms with Crippen LogP contribution < -0.4 is 10.3 Å². The number of hydrogen-bond acceptors (Lipinski definition) is 5.